The van der Waals surface area contributed by atoms with E-state index in [-0.39, 0.29) is 5.91 Å². The summed E-state index contributed by atoms with van der Waals surface area (Å²) < 4.78 is 14.7. The lowest BCUT2D eigenvalue weighted by molar-refractivity contribution is 0.0941. The minimum atomic E-state index is -0.497. The molecule has 164 valence electrons. The summed E-state index contributed by atoms with van der Waals surface area (Å²) in [6.45, 7) is 2.02. The number of carbonyl (C=O) groups is 1. The van der Waals surface area contributed by atoms with E-state index < -0.39 is 6.04 Å². The van der Waals surface area contributed by atoms with Crippen molar-refractivity contribution in [3.8, 4) is 17.2 Å². The van der Waals surface area contributed by atoms with Crippen LogP contribution in [0.15, 0.2) is 73.3 Å². The normalized spacial score (nSPS) is 11.8. The van der Waals surface area contributed by atoms with Gasteiger partial charge in [-0.3, -0.25) is 4.79 Å². The third-order valence-electron chi connectivity index (χ3n) is 5.45. The van der Waals surface area contributed by atoms with Crippen molar-refractivity contribution in [2.75, 3.05) is 14.2 Å². The second-order valence-electron chi connectivity index (χ2n) is 7.54. The molecule has 4 aromatic rings. The number of nitrogens with zero attached hydrogens (tertiary/aromatic N) is 3. The standard InChI is InChI=1S/C25H26N4O3/c1-17-7-8-18(15-22(17)29-10-5-6-11-29)25(30)27-23(24-26-9-12-28(24)2)19-13-20(31-3)16-21(14-19)32-4/h5-16,23H,1-4H3,(H,27,30). The number of ether oxygens (including phenoxy) is 2. The Morgan fingerprint density at radius 2 is 1.69 bits per heavy atom. The van der Waals surface area contributed by atoms with E-state index in [1.54, 1.807) is 26.5 Å². The highest BCUT2D eigenvalue weighted by Crippen LogP contribution is 2.30. The first kappa shape index (κ1) is 21.2. The van der Waals surface area contributed by atoms with Gasteiger partial charge in [0.25, 0.3) is 5.91 Å². The fourth-order valence-corrected chi connectivity index (χ4v) is 3.69. The average molecular weight is 431 g/mol. The zero-order chi connectivity index (χ0) is 22.7. The molecule has 0 aliphatic carbocycles. The molecule has 1 amide bonds. The predicted octanol–water partition coefficient (Wildman–Crippen LogP) is 4.06. The number of methoxy groups -OCH3 is 2. The topological polar surface area (TPSA) is 70.3 Å². The summed E-state index contributed by atoms with van der Waals surface area (Å²) in [6.07, 6.45) is 7.48. The quantitative estimate of drug-likeness (QED) is 0.480. The molecule has 0 saturated heterocycles. The van der Waals surface area contributed by atoms with E-state index in [0.29, 0.717) is 22.9 Å². The molecule has 0 aliphatic rings. The second kappa shape index (κ2) is 9.01. The monoisotopic (exact) mass is 430 g/mol. The van der Waals surface area contributed by atoms with E-state index in [2.05, 4.69) is 10.3 Å². The van der Waals surface area contributed by atoms with Crippen LogP contribution in [0.1, 0.15) is 33.4 Å². The van der Waals surface area contributed by atoms with Gasteiger partial charge >= 0.3 is 0 Å². The van der Waals surface area contributed by atoms with Crippen LogP contribution in [0.2, 0.25) is 0 Å². The molecule has 32 heavy (non-hydrogen) atoms. The third-order valence-corrected chi connectivity index (χ3v) is 5.45. The van der Waals surface area contributed by atoms with Gasteiger partial charge < -0.3 is 23.9 Å². The average Bonchev–Trinajstić information content (AvgIpc) is 3.49. The molecule has 0 spiro atoms. The molecule has 1 unspecified atom stereocenters. The molecule has 7 heteroatoms. The fraction of sp³-hybridized carbons (Fsp3) is 0.200. The number of imidazole rings is 1. The molecule has 2 aromatic heterocycles. The molecule has 1 N–H and O–H groups in total. The van der Waals surface area contributed by atoms with Crippen molar-refractivity contribution in [1.29, 1.82) is 0 Å². The Morgan fingerprint density at radius 1 is 1.00 bits per heavy atom. The number of rotatable bonds is 7. The van der Waals surface area contributed by atoms with Gasteiger partial charge in [0.1, 0.15) is 23.4 Å². The summed E-state index contributed by atoms with van der Waals surface area (Å²) in [4.78, 5) is 17.8. The van der Waals surface area contributed by atoms with Crippen LogP contribution in [0.3, 0.4) is 0 Å². The third kappa shape index (κ3) is 4.23. The molecule has 0 radical (unpaired) electrons. The number of hydrogen-bond donors (Lipinski definition) is 1. The van der Waals surface area contributed by atoms with E-state index in [1.807, 2.05) is 84.2 Å². The Morgan fingerprint density at radius 3 is 2.28 bits per heavy atom. The zero-order valence-corrected chi connectivity index (χ0v) is 18.6. The van der Waals surface area contributed by atoms with Crippen LogP contribution in [-0.2, 0) is 7.05 Å². The van der Waals surface area contributed by atoms with Crippen molar-refractivity contribution in [3.63, 3.8) is 0 Å². The van der Waals surface area contributed by atoms with Gasteiger partial charge in [-0.15, -0.1) is 0 Å². The van der Waals surface area contributed by atoms with Crippen LogP contribution in [0, 0.1) is 6.92 Å². The number of aryl methyl sites for hydroxylation is 2. The van der Waals surface area contributed by atoms with Crippen molar-refractivity contribution in [3.05, 3.63) is 95.8 Å². The molecule has 7 nitrogen and oxygen atoms in total. The number of nitrogens with one attached hydrogen (secondary N) is 1. The van der Waals surface area contributed by atoms with Crippen LogP contribution in [0.25, 0.3) is 5.69 Å². The first-order valence-electron chi connectivity index (χ1n) is 10.2. The highest BCUT2D eigenvalue weighted by molar-refractivity contribution is 5.95. The molecule has 2 heterocycles. The molecule has 0 saturated carbocycles. The Hall–Kier alpha value is -4.00. The predicted molar refractivity (Wildman–Crippen MR) is 123 cm³/mol. The Balaban J connectivity index is 1.72. The van der Waals surface area contributed by atoms with Crippen molar-refractivity contribution < 1.29 is 14.3 Å². The SMILES string of the molecule is COc1cc(OC)cc(C(NC(=O)c2ccc(C)c(-n3cccc3)c2)c2nccn2C)c1. The summed E-state index contributed by atoms with van der Waals surface area (Å²) in [5.74, 6) is 1.77. The Kier molecular flexibility index (Phi) is 5.98. The molecular weight excluding hydrogens is 404 g/mol. The molecule has 1 atom stereocenters. The van der Waals surface area contributed by atoms with Crippen LogP contribution >= 0.6 is 0 Å². The number of aromatic nitrogens is 3. The summed E-state index contributed by atoms with van der Waals surface area (Å²) in [5, 5.41) is 3.14. The van der Waals surface area contributed by atoms with Crippen LogP contribution in [0.4, 0.5) is 0 Å². The summed E-state index contributed by atoms with van der Waals surface area (Å²) in [7, 11) is 5.10. The summed E-state index contributed by atoms with van der Waals surface area (Å²) in [6, 6.07) is 14.6. The van der Waals surface area contributed by atoms with Gasteiger partial charge in [-0.2, -0.15) is 0 Å². The Labute approximate surface area is 187 Å². The highest BCUT2D eigenvalue weighted by Gasteiger charge is 2.23. The van der Waals surface area contributed by atoms with Gasteiger partial charge in [0.05, 0.1) is 14.2 Å². The molecular formula is C25H26N4O3. The first-order valence-corrected chi connectivity index (χ1v) is 10.2. The smallest absolute Gasteiger partial charge is 0.252 e. The maximum Gasteiger partial charge on any atom is 0.252 e. The lowest BCUT2D eigenvalue weighted by atomic mass is 10.0. The Bertz CT molecular complexity index is 1210. The van der Waals surface area contributed by atoms with E-state index >= 15 is 0 Å². The molecule has 0 fully saturated rings. The molecule has 0 aliphatic heterocycles. The number of hydrogen-bond acceptors (Lipinski definition) is 4. The molecule has 4 rings (SSSR count). The summed E-state index contributed by atoms with van der Waals surface area (Å²) in [5.41, 5.74) is 3.41. The van der Waals surface area contributed by atoms with E-state index in [4.69, 9.17) is 9.47 Å². The summed E-state index contributed by atoms with van der Waals surface area (Å²) >= 11 is 0. The fourth-order valence-electron chi connectivity index (χ4n) is 3.69. The van der Waals surface area contributed by atoms with Crippen molar-refractivity contribution in [1.82, 2.24) is 19.4 Å². The molecule has 0 bridgehead atoms. The van der Waals surface area contributed by atoms with Crippen LogP contribution in [0.5, 0.6) is 11.5 Å². The minimum absolute atomic E-state index is 0.201. The number of benzene rings is 2. The van der Waals surface area contributed by atoms with Gasteiger partial charge in [0.15, 0.2) is 0 Å². The van der Waals surface area contributed by atoms with Gasteiger partial charge in [0.2, 0.25) is 0 Å². The molecule has 2 aromatic carbocycles. The van der Waals surface area contributed by atoms with Crippen molar-refractivity contribution >= 4 is 5.91 Å². The lowest BCUT2D eigenvalue weighted by Crippen LogP contribution is -2.31. The number of carbonyl (C=O) groups excluding carboxylic acids is 1. The first-order chi connectivity index (χ1) is 15.5. The van der Waals surface area contributed by atoms with E-state index in [0.717, 1.165) is 16.8 Å². The zero-order valence-electron chi connectivity index (χ0n) is 18.6. The van der Waals surface area contributed by atoms with E-state index in [1.165, 1.54) is 0 Å². The number of amides is 1. The van der Waals surface area contributed by atoms with Crippen LogP contribution in [-0.4, -0.2) is 34.2 Å². The van der Waals surface area contributed by atoms with Crippen LogP contribution < -0.4 is 14.8 Å². The second-order valence-corrected chi connectivity index (χ2v) is 7.54. The largest absolute Gasteiger partial charge is 0.497 e. The van der Waals surface area contributed by atoms with Gasteiger partial charge in [-0.05, 0) is 54.4 Å². The van der Waals surface area contributed by atoms with Gasteiger partial charge in [0, 0.05) is 49.2 Å². The highest BCUT2D eigenvalue weighted by atomic mass is 16.5. The van der Waals surface area contributed by atoms with Gasteiger partial charge in [-0.1, -0.05) is 6.07 Å². The van der Waals surface area contributed by atoms with Crippen molar-refractivity contribution in [2.24, 2.45) is 7.05 Å². The van der Waals surface area contributed by atoms with E-state index in [9.17, 15) is 4.79 Å². The van der Waals surface area contributed by atoms with Gasteiger partial charge in [-0.25, -0.2) is 4.98 Å². The van der Waals surface area contributed by atoms with Crippen molar-refractivity contribution in [2.45, 2.75) is 13.0 Å². The maximum atomic E-state index is 13.4. The lowest BCUT2D eigenvalue weighted by Gasteiger charge is -2.21. The minimum Gasteiger partial charge on any atom is -0.497 e. The maximum absolute atomic E-state index is 13.4.